The first kappa shape index (κ1) is 17.3. The molecule has 0 unspecified atom stereocenters. The Labute approximate surface area is 164 Å². The number of fused-ring (bicyclic) bond motifs is 1. The number of furan rings is 1. The van der Waals surface area contributed by atoms with Crippen molar-refractivity contribution in [1.29, 1.82) is 0 Å². The maximum absolute atomic E-state index is 11.8. The monoisotopic (exact) mass is 392 g/mol. The molecule has 0 aliphatic carbocycles. The Morgan fingerprint density at radius 1 is 1.30 bits per heavy atom. The lowest BCUT2D eigenvalue weighted by Gasteiger charge is -1.98. The van der Waals surface area contributed by atoms with Gasteiger partial charge in [-0.25, -0.2) is 0 Å². The highest BCUT2D eigenvalue weighted by molar-refractivity contribution is 8.26. The van der Waals surface area contributed by atoms with Crippen LogP contribution in [-0.2, 0) is 4.79 Å². The van der Waals surface area contributed by atoms with Gasteiger partial charge in [0.15, 0.2) is 5.58 Å². The summed E-state index contributed by atoms with van der Waals surface area (Å²) in [5.41, 5.74) is 2.12. The highest BCUT2D eigenvalue weighted by Crippen LogP contribution is 2.29. The molecule has 3 heterocycles. The molecule has 132 valence electrons. The fraction of sp³-hybridized carbons (Fsp3) is 0.0500. The molecule has 0 spiro atoms. The molecule has 1 N–H and O–H groups in total. The number of nitrogens with zero attached hydrogens (tertiary/aromatic N) is 1. The van der Waals surface area contributed by atoms with Gasteiger partial charge >= 0.3 is 0 Å². The predicted octanol–water partition coefficient (Wildman–Crippen LogP) is 3.73. The second kappa shape index (κ2) is 7.27. The molecule has 3 aromatic rings. The molecule has 4 rings (SSSR count). The van der Waals surface area contributed by atoms with Gasteiger partial charge in [-0.05, 0) is 24.3 Å². The SMILES string of the molecule is COc1cccc(C#Cc2cncc3cc(/C=C4\SC(=S)NC4=O)oc23)c1. The van der Waals surface area contributed by atoms with Crippen LogP contribution in [0.2, 0.25) is 0 Å². The van der Waals surface area contributed by atoms with Gasteiger partial charge in [0.1, 0.15) is 15.8 Å². The van der Waals surface area contributed by atoms with Crippen molar-refractivity contribution in [3.63, 3.8) is 0 Å². The average molecular weight is 392 g/mol. The van der Waals surface area contributed by atoms with E-state index in [-0.39, 0.29) is 5.91 Å². The minimum atomic E-state index is -0.221. The van der Waals surface area contributed by atoms with Gasteiger partial charge in [0.25, 0.3) is 5.91 Å². The molecule has 1 saturated heterocycles. The van der Waals surface area contributed by atoms with Crippen LogP contribution < -0.4 is 10.1 Å². The smallest absolute Gasteiger partial charge is 0.263 e. The van der Waals surface area contributed by atoms with E-state index >= 15 is 0 Å². The number of nitrogens with one attached hydrogen (secondary N) is 1. The van der Waals surface area contributed by atoms with Crippen LogP contribution in [-0.4, -0.2) is 22.3 Å². The Morgan fingerprint density at radius 3 is 2.96 bits per heavy atom. The number of hydrogen-bond acceptors (Lipinski definition) is 6. The van der Waals surface area contributed by atoms with Crippen molar-refractivity contribution in [3.8, 4) is 17.6 Å². The fourth-order valence-corrected chi connectivity index (χ4v) is 3.56. The van der Waals surface area contributed by atoms with E-state index in [0.29, 0.717) is 26.1 Å². The molecule has 27 heavy (non-hydrogen) atoms. The van der Waals surface area contributed by atoms with E-state index < -0.39 is 0 Å². The molecule has 1 aliphatic rings. The molecule has 1 aromatic carbocycles. The van der Waals surface area contributed by atoms with Gasteiger partial charge in [0, 0.05) is 29.4 Å². The lowest BCUT2D eigenvalue weighted by Crippen LogP contribution is -2.17. The van der Waals surface area contributed by atoms with E-state index in [0.717, 1.165) is 16.7 Å². The zero-order chi connectivity index (χ0) is 18.8. The molecule has 0 bridgehead atoms. The number of thioether (sulfide) groups is 1. The van der Waals surface area contributed by atoms with Crippen molar-refractivity contribution < 1.29 is 13.9 Å². The standard InChI is InChI=1S/C20H12N2O3S2/c1-24-15-4-2-3-12(7-15)5-6-13-10-21-11-14-8-16(25-18(13)14)9-17-19(23)22-20(26)27-17/h2-4,7-11H,1H3,(H,22,23,26)/b17-9-. The first-order valence-corrected chi connectivity index (χ1v) is 9.13. The summed E-state index contributed by atoms with van der Waals surface area (Å²) in [5.74, 6) is 7.25. The number of rotatable bonds is 2. The predicted molar refractivity (Wildman–Crippen MR) is 109 cm³/mol. The van der Waals surface area contributed by atoms with Crippen LogP contribution in [0.5, 0.6) is 5.75 Å². The number of hydrogen-bond donors (Lipinski definition) is 1. The summed E-state index contributed by atoms with van der Waals surface area (Å²) in [6, 6.07) is 9.33. The van der Waals surface area contributed by atoms with Gasteiger partial charge in [-0.2, -0.15) is 0 Å². The summed E-state index contributed by atoms with van der Waals surface area (Å²) in [7, 11) is 1.62. The minimum absolute atomic E-state index is 0.221. The number of thiocarbonyl (C=S) groups is 1. The quantitative estimate of drug-likeness (QED) is 0.407. The number of benzene rings is 1. The maximum atomic E-state index is 11.8. The van der Waals surface area contributed by atoms with Crippen molar-refractivity contribution in [1.82, 2.24) is 10.3 Å². The summed E-state index contributed by atoms with van der Waals surface area (Å²) >= 11 is 6.21. The van der Waals surface area contributed by atoms with Crippen molar-refractivity contribution >= 4 is 51.3 Å². The number of carbonyl (C=O) groups excluding carboxylic acids is 1. The lowest BCUT2D eigenvalue weighted by atomic mass is 10.2. The number of pyridine rings is 1. The van der Waals surface area contributed by atoms with Gasteiger partial charge in [-0.1, -0.05) is 41.9 Å². The van der Waals surface area contributed by atoms with Gasteiger partial charge in [0.2, 0.25) is 0 Å². The van der Waals surface area contributed by atoms with E-state index in [9.17, 15) is 4.79 Å². The van der Waals surface area contributed by atoms with Gasteiger partial charge < -0.3 is 14.5 Å². The van der Waals surface area contributed by atoms with Crippen molar-refractivity contribution in [2.45, 2.75) is 0 Å². The number of aromatic nitrogens is 1. The minimum Gasteiger partial charge on any atom is -0.497 e. The molecule has 2 aromatic heterocycles. The van der Waals surface area contributed by atoms with Crippen molar-refractivity contribution in [2.75, 3.05) is 7.11 Å². The van der Waals surface area contributed by atoms with E-state index in [1.165, 1.54) is 11.8 Å². The molecule has 0 radical (unpaired) electrons. The van der Waals surface area contributed by atoms with E-state index in [4.69, 9.17) is 21.4 Å². The zero-order valence-electron chi connectivity index (χ0n) is 14.1. The van der Waals surface area contributed by atoms with Crippen molar-refractivity contribution in [3.05, 3.63) is 64.5 Å². The third-order valence-electron chi connectivity index (χ3n) is 3.77. The van der Waals surface area contributed by atoms with Crippen LogP contribution in [0, 0.1) is 11.8 Å². The highest BCUT2D eigenvalue weighted by atomic mass is 32.2. The third-order valence-corrected chi connectivity index (χ3v) is 4.93. The number of amides is 1. The van der Waals surface area contributed by atoms with Crippen LogP contribution >= 0.6 is 24.0 Å². The van der Waals surface area contributed by atoms with Gasteiger partial charge in [-0.15, -0.1) is 0 Å². The highest BCUT2D eigenvalue weighted by Gasteiger charge is 2.22. The van der Waals surface area contributed by atoms with E-state index in [1.54, 1.807) is 25.6 Å². The van der Waals surface area contributed by atoms with Crippen molar-refractivity contribution in [2.24, 2.45) is 0 Å². The normalized spacial score (nSPS) is 14.9. The summed E-state index contributed by atoms with van der Waals surface area (Å²) < 4.78 is 11.5. The Kier molecular flexibility index (Phi) is 4.67. The Bertz CT molecular complexity index is 1170. The van der Waals surface area contributed by atoms with Crippen LogP contribution in [0.15, 0.2) is 52.0 Å². The molecule has 5 nitrogen and oxygen atoms in total. The first-order valence-electron chi connectivity index (χ1n) is 7.91. The summed E-state index contributed by atoms with van der Waals surface area (Å²) in [4.78, 5) is 16.5. The second-order valence-corrected chi connectivity index (χ2v) is 7.31. The summed E-state index contributed by atoms with van der Waals surface area (Å²) in [6.07, 6.45) is 5.02. The summed E-state index contributed by atoms with van der Waals surface area (Å²) in [6.45, 7) is 0. The van der Waals surface area contributed by atoms with Crippen LogP contribution in [0.3, 0.4) is 0 Å². The van der Waals surface area contributed by atoms with Crippen LogP contribution in [0.1, 0.15) is 16.9 Å². The Hall–Kier alpha value is -3.08. The molecule has 0 atom stereocenters. The molecule has 1 aliphatic heterocycles. The molecule has 1 amide bonds. The molecule has 7 heteroatoms. The molecular formula is C20H12N2O3S2. The summed E-state index contributed by atoms with van der Waals surface area (Å²) in [5, 5.41) is 3.39. The Balaban J connectivity index is 1.70. The fourth-order valence-electron chi connectivity index (χ4n) is 2.53. The third kappa shape index (κ3) is 3.72. The second-order valence-electron chi connectivity index (χ2n) is 5.59. The zero-order valence-corrected chi connectivity index (χ0v) is 15.7. The van der Waals surface area contributed by atoms with E-state index in [2.05, 4.69) is 22.1 Å². The molecule has 0 saturated carbocycles. The van der Waals surface area contributed by atoms with Gasteiger partial charge in [-0.3, -0.25) is 9.78 Å². The maximum Gasteiger partial charge on any atom is 0.263 e. The first-order chi connectivity index (χ1) is 13.1. The molecular weight excluding hydrogens is 380 g/mol. The largest absolute Gasteiger partial charge is 0.497 e. The topological polar surface area (TPSA) is 64.4 Å². The number of ether oxygens (including phenoxy) is 1. The van der Waals surface area contributed by atoms with Crippen LogP contribution in [0.25, 0.3) is 17.0 Å². The number of methoxy groups -OCH3 is 1. The molecule has 1 fully saturated rings. The van der Waals surface area contributed by atoms with Crippen LogP contribution in [0.4, 0.5) is 0 Å². The number of carbonyl (C=O) groups is 1. The average Bonchev–Trinajstić information content (AvgIpc) is 3.22. The Morgan fingerprint density at radius 2 is 2.19 bits per heavy atom. The lowest BCUT2D eigenvalue weighted by molar-refractivity contribution is -0.115. The van der Waals surface area contributed by atoms with E-state index in [1.807, 2.05) is 30.3 Å². The van der Waals surface area contributed by atoms with Gasteiger partial charge in [0.05, 0.1) is 17.6 Å².